The monoisotopic (exact) mass is 430 g/mol. The molecule has 1 saturated heterocycles. The quantitative estimate of drug-likeness (QED) is 0.459. The van der Waals surface area contributed by atoms with Crippen LogP contribution in [0.25, 0.3) is 22.1 Å². The molecule has 4 rings (SSSR count). The van der Waals surface area contributed by atoms with Gasteiger partial charge in [0.1, 0.15) is 47.8 Å². The van der Waals surface area contributed by atoms with Crippen molar-refractivity contribution in [2.45, 2.75) is 30.7 Å². The molecule has 1 aromatic heterocycles. The highest BCUT2D eigenvalue weighted by Crippen LogP contribution is 2.28. The maximum Gasteiger partial charge on any atom is 0.229 e. The molecule has 2 heterocycles. The van der Waals surface area contributed by atoms with Gasteiger partial charge in [0.05, 0.1) is 24.7 Å². The van der Waals surface area contributed by atoms with E-state index in [0.717, 1.165) is 0 Å². The van der Waals surface area contributed by atoms with Crippen LogP contribution in [-0.4, -0.2) is 64.8 Å². The van der Waals surface area contributed by atoms with Crippen LogP contribution in [0.15, 0.2) is 57.9 Å². The SMILES string of the molecule is COc1ccc(-c2coc3cc(O[C@@H]4O[C@@H](CO)[C@@H](O)[C@@H](O)[C@H]4O)ccc3c2=O)cc1. The topological polar surface area (TPSA) is 139 Å². The first-order valence-electron chi connectivity index (χ1n) is 9.60. The summed E-state index contributed by atoms with van der Waals surface area (Å²) < 4.78 is 21.7. The van der Waals surface area contributed by atoms with E-state index in [9.17, 15) is 25.2 Å². The van der Waals surface area contributed by atoms with E-state index in [0.29, 0.717) is 22.3 Å². The van der Waals surface area contributed by atoms with Crippen LogP contribution in [-0.2, 0) is 4.74 Å². The van der Waals surface area contributed by atoms with Crippen LogP contribution >= 0.6 is 0 Å². The largest absolute Gasteiger partial charge is 0.497 e. The average Bonchev–Trinajstić information content (AvgIpc) is 2.80. The molecule has 0 amide bonds. The van der Waals surface area contributed by atoms with Gasteiger partial charge in [0.15, 0.2) is 5.43 Å². The van der Waals surface area contributed by atoms with Crippen LogP contribution in [0.3, 0.4) is 0 Å². The van der Waals surface area contributed by atoms with Crippen LogP contribution < -0.4 is 14.9 Å². The zero-order valence-electron chi connectivity index (χ0n) is 16.5. The van der Waals surface area contributed by atoms with Crippen LogP contribution in [0.5, 0.6) is 11.5 Å². The molecule has 2 aromatic carbocycles. The van der Waals surface area contributed by atoms with Gasteiger partial charge in [-0.25, -0.2) is 0 Å². The summed E-state index contributed by atoms with van der Waals surface area (Å²) in [5.74, 6) is 0.876. The Morgan fingerprint density at radius 1 is 0.968 bits per heavy atom. The van der Waals surface area contributed by atoms with Crippen molar-refractivity contribution in [2.75, 3.05) is 13.7 Å². The highest BCUT2D eigenvalue weighted by molar-refractivity contribution is 5.82. The molecule has 0 unspecified atom stereocenters. The number of fused-ring (bicyclic) bond motifs is 1. The molecule has 3 aromatic rings. The first kappa shape index (κ1) is 21.3. The standard InChI is InChI=1S/C22H22O9/c1-28-12-4-2-11(3-5-12)15-10-29-16-8-13(6-7-14(16)18(15)24)30-22-21(27)20(26)19(25)17(9-23)31-22/h2-8,10,17,19-23,25-27H,9H2,1H3/t17-,19+,20+,21+,22+/m0/s1. The molecule has 9 nitrogen and oxygen atoms in total. The van der Waals surface area contributed by atoms with Gasteiger partial charge in [0, 0.05) is 6.07 Å². The Morgan fingerprint density at radius 3 is 2.35 bits per heavy atom. The van der Waals surface area contributed by atoms with Crippen molar-refractivity contribution < 1.29 is 39.1 Å². The molecule has 0 aliphatic carbocycles. The fraction of sp³-hybridized carbons (Fsp3) is 0.318. The number of ether oxygens (including phenoxy) is 3. The summed E-state index contributed by atoms with van der Waals surface area (Å²) in [5.41, 5.74) is 1.09. The summed E-state index contributed by atoms with van der Waals surface area (Å²) in [6, 6.07) is 11.5. The van der Waals surface area contributed by atoms with Crippen LogP contribution in [0, 0.1) is 0 Å². The zero-order chi connectivity index (χ0) is 22.1. The Kier molecular flexibility index (Phi) is 5.94. The van der Waals surface area contributed by atoms with E-state index in [1.54, 1.807) is 31.4 Å². The van der Waals surface area contributed by atoms with Crippen molar-refractivity contribution in [3.63, 3.8) is 0 Å². The third kappa shape index (κ3) is 4.01. The molecule has 4 N–H and O–H groups in total. The lowest BCUT2D eigenvalue weighted by atomic mass is 9.99. The number of hydrogen-bond donors (Lipinski definition) is 4. The zero-order valence-corrected chi connectivity index (χ0v) is 16.5. The Bertz CT molecular complexity index is 1110. The van der Waals surface area contributed by atoms with E-state index >= 15 is 0 Å². The third-order valence-corrected chi connectivity index (χ3v) is 5.25. The smallest absolute Gasteiger partial charge is 0.229 e. The molecule has 31 heavy (non-hydrogen) atoms. The number of rotatable bonds is 5. The molecule has 0 saturated carbocycles. The molecule has 0 radical (unpaired) electrons. The van der Waals surface area contributed by atoms with Crippen molar-refractivity contribution in [3.8, 4) is 22.6 Å². The number of aliphatic hydroxyl groups excluding tert-OH is 4. The van der Waals surface area contributed by atoms with Gasteiger partial charge in [0.25, 0.3) is 0 Å². The summed E-state index contributed by atoms with van der Waals surface area (Å²) in [4.78, 5) is 12.9. The minimum Gasteiger partial charge on any atom is -0.497 e. The van der Waals surface area contributed by atoms with Crippen LogP contribution in [0.2, 0.25) is 0 Å². The predicted molar refractivity (Wildman–Crippen MR) is 109 cm³/mol. The van der Waals surface area contributed by atoms with Gasteiger partial charge in [-0.3, -0.25) is 4.79 Å². The average molecular weight is 430 g/mol. The predicted octanol–water partition coefficient (Wildman–Crippen LogP) is 0.647. The Hall–Kier alpha value is -2.95. The van der Waals surface area contributed by atoms with E-state index in [-0.39, 0.29) is 16.8 Å². The fourth-order valence-corrected chi connectivity index (χ4v) is 3.45. The minimum atomic E-state index is -1.55. The summed E-state index contributed by atoms with van der Waals surface area (Å²) in [6.07, 6.45) is -5.65. The third-order valence-electron chi connectivity index (χ3n) is 5.25. The van der Waals surface area contributed by atoms with Crippen molar-refractivity contribution in [2.24, 2.45) is 0 Å². The summed E-state index contributed by atoms with van der Waals surface area (Å²) in [7, 11) is 1.56. The minimum absolute atomic E-state index is 0.206. The summed E-state index contributed by atoms with van der Waals surface area (Å²) in [6.45, 7) is -0.564. The fourth-order valence-electron chi connectivity index (χ4n) is 3.45. The first-order valence-corrected chi connectivity index (χ1v) is 9.60. The molecule has 1 aliphatic heterocycles. The number of methoxy groups -OCH3 is 1. The number of hydrogen-bond acceptors (Lipinski definition) is 9. The highest BCUT2D eigenvalue weighted by Gasteiger charge is 2.44. The van der Waals surface area contributed by atoms with E-state index in [1.807, 2.05) is 0 Å². The van der Waals surface area contributed by atoms with Crippen molar-refractivity contribution in [3.05, 3.63) is 59.0 Å². The molecule has 1 fully saturated rings. The second-order valence-electron chi connectivity index (χ2n) is 7.18. The molecule has 5 atom stereocenters. The van der Waals surface area contributed by atoms with Gasteiger partial charge in [0.2, 0.25) is 6.29 Å². The second-order valence-corrected chi connectivity index (χ2v) is 7.18. The van der Waals surface area contributed by atoms with Gasteiger partial charge in [-0.2, -0.15) is 0 Å². The Labute approximate surface area is 176 Å². The highest BCUT2D eigenvalue weighted by atomic mass is 16.7. The first-order chi connectivity index (χ1) is 14.9. The summed E-state index contributed by atoms with van der Waals surface area (Å²) in [5, 5.41) is 39.5. The summed E-state index contributed by atoms with van der Waals surface area (Å²) >= 11 is 0. The molecular weight excluding hydrogens is 408 g/mol. The maximum absolute atomic E-state index is 12.9. The van der Waals surface area contributed by atoms with Gasteiger partial charge in [-0.15, -0.1) is 0 Å². The van der Waals surface area contributed by atoms with Crippen molar-refractivity contribution >= 4 is 11.0 Å². The van der Waals surface area contributed by atoms with Gasteiger partial charge >= 0.3 is 0 Å². The lowest BCUT2D eigenvalue weighted by Gasteiger charge is -2.39. The normalized spacial score (nSPS) is 26.0. The van der Waals surface area contributed by atoms with Crippen molar-refractivity contribution in [1.82, 2.24) is 0 Å². The molecule has 0 bridgehead atoms. The van der Waals surface area contributed by atoms with E-state index in [1.165, 1.54) is 24.5 Å². The number of benzene rings is 2. The second kappa shape index (κ2) is 8.66. The van der Waals surface area contributed by atoms with Crippen molar-refractivity contribution in [1.29, 1.82) is 0 Å². The number of aliphatic hydroxyl groups is 4. The Morgan fingerprint density at radius 2 is 1.68 bits per heavy atom. The van der Waals surface area contributed by atoms with Gasteiger partial charge in [-0.1, -0.05) is 12.1 Å². The van der Waals surface area contributed by atoms with Crippen LogP contribution in [0.4, 0.5) is 0 Å². The lowest BCUT2D eigenvalue weighted by molar-refractivity contribution is -0.277. The Balaban J connectivity index is 1.61. The maximum atomic E-state index is 12.9. The molecule has 164 valence electrons. The van der Waals surface area contributed by atoms with Crippen LogP contribution in [0.1, 0.15) is 0 Å². The molecule has 1 aliphatic rings. The van der Waals surface area contributed by atoms with Gasteiger partial charge < -0.3 is 39.1 Å². The van der Waals surface area contributed by atoms with E-state index in [4.69, 9.17) is 18.6 Å². The lowest BCUT2D eigenvalue weighted by Crippen LogP contribution is -2.60. The van der Waals surface area contributed by atoms with E-state index < -0.39 is 37.3 Å². The molecular formula is C22H22O9. The van der Waals surface area contributed by atoms with Gasteiger partial charge in [-0.05, 0) is 29.8 Å². The molecule has 0 spiro atoms. The van der Waals surface area contributed by atoms with E-state index in [2.05, 4.69) is 0 Å². The molecule has 9 heteroatoms.